The zero-order chi connectivity index (χ0) is 11.1. The third-order valence-electron chi connectivity index (χ3n) is 2.61. The Morgan fingerprint density at radius 3 is 2.80 bits per heavy atom. The van der Waals surface area contributed by atoms with E-state index in [-0.39, 0.29) is 0 Å². The van der Waals surface area contributed by atoms with Gasteiger partial charge >= 0.3 is 0 Å². The number of hydrogen-bond acceptors (Lipinski definition) is 2. The van der Waals surface area contributed by atoms with E-state index in [1.54, 1.807) is 0 Å². The second-order valence-electron chi connectivity index (χ2n) is 3.83. The van der Waals surface area contributed by atoms with Crippen LogP contribution in [-0.2, 0) is 0 Å². The van der Waals surface area contributed by atoms with Crippen LogP contribution in [0, 0.1) is 6.92 Å². The highest BCUT2D eigenvalue weighted by atomic mass is 32.2. The monoisotopic (exact) mass is 223 g/mol. The molecule has 0 aliphatic rings. The summed E-state index contributed by atoms with van der Waals surface area (Å²) in [5.74, 6) is 2.95. The van der Waals surface area contributed by atoms with Gasteiger partial charge in [0.15, 0.2) is 0 Å². The molecule has 1 nitrogen and oxygen atoms in total. The number of thioether (sulfide) groups is 1. The van der Waals surface area contributed by atoms with E-state index < -0.39 is 0 Å². The van der Waals surface area contributed by atoms with Gasteiger partial charge in [-0.15, -0.1) is 0 Å². The third-order valence-corrected chi connectivity index (χ3v) is 3.55. The first-order chi connectivity index (χ1) is 7.27. The number of hydrogen-bond donors (Lipinski definition) is 1. The SMILES string of the molecule is CCSCCC(CN)c1cccc(C)c1. The lowest BCUT2D eigenvalue weighted by Crippen LogP contribution is -2.13. The molecule has 1 aromatic rings. The molecule has 1 aromatic carbocycles. The van der Waals surface area contributed by atoms with E-state index in [0.717, 1.165) is 6.54 Å². The maximum absolute atomic E-state index is 5.83. The quantitative estimate of drug-likeness (QED) is 0.750. The van der Waals surface area contributed by atoms with Crippen LogP contribution in [0.3, 0.4) is 0 Å². The highest BCUT2D eigenvalue weighted by molar-refractivity contribution is 7.99. The maximum Gasteiger partial charge on any atom is -0.000794 e. The van der Waals surface area contributed by atoms with Crippen molar-refractivity contribution < 1.29 is 0 Å². The predicted octanol–water partition coefficient (Wildman–Crippen LogP) is 3.18. The highest BCUT2D eigenvalue weighted by Gasteiger charge is 2.08. The van der Waals surface area contributed by atoms with Crippen molar-refractivity contribution in [2.24, 2.45) is 5.73 Å². The van der Waals surface area contributed by atoms with Crippen molar-refractivity contribution >= 4 is 11.8 Å². The molecule has 0 saturated carbocycles. The zero-order valence-corrected chi connectivity index (χ0v) is 10.5. The van der Waals surface area contributed by atoms with Crippen molar-refractivity contribution in [2.75, 3.05) is 18.1 Å². The van der Waals surface area contributed by atoms with Gasteiger partial charge < -0.3 is 5.73 Å². The first-order valence-corrected chi connectivity index (χ1v) is 6.77. The molecule has 1 atom stereocenters. The average molecular weight is 223 g/mol. The van der Waals surface area contributed by atoms with Gasteiger partial charge in [0.25, 0.3) is 0 Å². The summed E-state index contributed by atoms with van der Waals surface area (Å²) in [7, 11) is 0. The lowest BCUT2D eigenvalue weighted by molar-refractivity contribution is 0.679. The lowest BCUT2D eigenvalue weighted by atomic mass is 9.95. The van der Waals surface area contributed by atoms with Crippen LogP contribution in [0.2, 0.25) is 0 Å². The van der Waals surface area contributed by atoms with Crippen molar-refractivity contribution in [2.45, 2.75) is 26.2 Å². The summed E-state index contributed by atoms with van der Waals surface area (Å²) in [5, 5.41) is 0. The van der Waals surface area contributed by atoms with Gasteiger partial charge in [0.05, 0.1) is 0 Å². The fraction of sp³-hybridized carbons (Fsp3) is 0.538. The fourth-order valence-corrected chi connectivity index (χ4v) is 2.45. The van der Waals surface area contributed by atoms with E-state index in [0.29, 0.717) is 5.92 Å². The van der Waals surface area contributed by atoms with Gasteiger partial charge in [0.1, 0.15) is 0 Å². The van der Waals surface area contributed by atoms with Crippen molar-refractivity contribution in [3.63, 3.8) is 0 Å². The van der Waals surface area contributed by atoms with Crippen LogP contribution in [0.15, 0.2) is 24.3 Å². The van der Waals surface area contributed by atoms with Crippen LogP contribution >= 0.6 is 11.8 Å². The summed E-state index contributed by atoms with van der Waals surface area (Å²) < 4.78 is 0. The largest absolute Gasteiger partial charge is 0.330 e. The molecule has 0 spiro atoms. The lowest BCUT2D eigenvalue weighted by Gasteiger charge is -2.15. The Morgan fingerprint density at radius 2 is 2.20 bits per heavy atom. The van der Waals surface area contributed by atoms with Crippen molar-refractivity contribution in [3.05, 3.63) is 35.4 Å². The van der Waals surface area contributed by atoms with Crippen molar-refractivity contribution in [1.82, 2.24) is 0 Å². The summed E-state index contributed by atoms with van der Waals surface area (Å²) in [4.78, 5) is 0. The Labute approximate surface area is 97.4 Å². The molecular weight excluding hydrogens is 202 g/mol. The summed E-state index contributed by atoms with van der Waals surface area (Å²) in [6.45, 7) is 5.10. The topological polar surface area (TPSA) is 26.0 Å². The summed E-state index contributed by atoms with van der Waals surface area (Å²) >= 11 is 2.00. The van der Waals surface area contributed by atoms with Crippen LogP contribution in [0.5, 0.6) is 0 Å². The Hall–Kier alpha value is -0.470. The van der Waals surface area contributed by atoms with Gasteiger partial charge in [-0.2, -0.15) is 11.8 Å². The molecule has 15 heavy (non-hydrogen) atoms. The number of aryl methyl sites for hydroxylation is 1. The average Bonchev–Trinajstić information content (AvgIpc) is 2.24. The molecule has 0 aromatic heterocycles. The minimum atomic E-state index is 0.531. The summed E-state index contributed by atoms with van der Waals surface area (Å²) in [5.41, 5.74) is 8.55. The smallest absolute Gasteiger partial charge is 0.000794 e. The fourth-order valence-electron chi connectivity index (χ4n) is 1.71. The molecule has 84 valence electrons. The van der Waals surface area contributed by atoms with Crippen LogP contribution in [-0.4, -0.2) is 18.1 Å². The molecule has 2 heteroatoms. The molecule has 0 aliphatic heterocycles. The molecule has 0 amide bonds. The van der Waals surface area contributed by atoms with Gasteiger partial charge in [0, 0.05) is 0 Å². The normalized spacial score (nSPS) is 12.7. The van der Waals surface area contributed by atoms with E-state index in [2.05, 4.69) is 38.1 Å². The molecule has 1 unspecified atom stereocenters. The van der Waals surface area contributed by atoms with E-state index >= 15 is 0 Å². The Bertz CT molecular complexity index is 286. The Kier molecular flexibility index (Phi) is 5.81. The molecule has 0 radical (unpaired) electrons. The maximum atomic E-state index is 5.83. The summed E-state index contributed by atoms with van der Waals surface area (Å²) in [6, 6.07) is 8.72. The van der Waals surface area contributed by atoms with Gasteiger partial charge in [-0.1, -0.05) is 36.8 Å². The standard InChI is InChI=1S/C13H21NS/c1-3-15-8-7-13(10-14)12-6-4-5-11(2)9-12/h4-6,9,13H,3,7-8,10,14H2,1-2H3. The molecule has 0 saturated heterocycles. The third kappa shape index (κ3) is 4.27. The van der Waals surface area contributed by atoms with E-state index in [4.69, 9.17) is 5.73 Å². The molecule has 0 heterocycles. The van der Waals surface area contributed by atoms with E-state index in [1.165, 1.54) is 29.1 Å². The Balaban J connectivity index is 2.57. The first-order valence-electron chi connectivity index (χ1n) is 5.62. The van der Waals surface area contributed by atoms with Gasteiger partial charge in [-0.05, 0) is 42.9 Å². The molecular formula is C13H21NS. The van der Waals surface area contributed by atoms with Crippen molar-refractivity contribution in [1.29, 1.82) is 0 Å². The highest BCUT2D eigenvalue weighted by Crippen LogP contribution is 2.21. The van der Waals surface area contributed by atoms with Crippen LogP contribution < -0.4 is 5.73 Å². The van der Waals surface area contributed by atoms with Gasteiger partial charge in [-0.25, -0.2) is 0 Å². The predicted molar refractivity (Wildman–Crippen MR) is 70.6 cm³/mol. The van der Waals surface area contributed by atoms with Gasteiger partial charge in [-0.3, -0.25) is 0 Å². The number of nitrogens with two attached hydrogens (primary N) is 1. The van der Waals surface area contributed by atoms with Crippen LogP contribution in [0.1, 0.15) is 30.4 Å². The number of rotatable bonds is 6. The summed E-state index contributed by atoms with van der Waals surface area (Å²) in [6.07, 6.45) is 1.19. The zero-order valence-electron chi connectivity index (χ0n) is 9.70. The van der Waals surface area contributed by atoms with Crippen LogP contribution in [0.4, 0.5) is 0 Å². The molecule has 0 fully saturated rings. The second kappa shape index (κ2) is 6.91. The molecule has 1 rings (SSSR count). The van der Waals surface area contributed by atoms with E-state index in [9.17, 15) is 0 Å². The molecule has 2 N–H and O–H groups in total. The second-order valence-corrected chi connectivity index (χ2v) is 5.23. The minimum absolute atomic E-state index is 0.531. The van der Waals surface area contributed by atoms with Crippen molar-refractivity contribution in [3.8, 4) is 0 Å². The first kappa shape index (κ1) is 12.6. The minimum Gasteiger partial charge on any atom is -0.330 e. The van der Waals surface area contributed by atoms with E-state index in [1.807, 2.05) is 11.8 Å². The Morgan fingerprint density at radius 1 is 1.40 bits per heavy atom. The van der Waals surface area contributed by atoms with Gasteiger partial charge in [0.2, 0.25) is 0 Å². The van der Waals surface area contributed by atoms with Crippen LogP contribution in [0.25, 0.3) is 0 Å². The number of benzene rings is 1. The molecule has 0 aliphatic carbocycles. The molecule has 0 bridgehead atoms.